The van der Waals surface area contributed by atoms with Crippen molar-refractivity contribution in [3.8, 4) is 0 Å². The van der Waals surface area contributed by atoms with E-state index >= 15 is 0 Å². The number of hydrogen-bond acceptors (Lipinski definition) is 2. The molecule has 0 spiro atoms. The zero-order chi connectivity index (χ0) is 15.2. The Morgan fingerprint density at radius 1 is 1.24 bits per heavy atom. The molecule has 0 atom stereocenters. The van der Waals surface area contributed by atoms with Gasteiger partial charge in [-0.3, -0.25) is 9.69 Å². The number of benzene rings is 2. The summed E-state index contributed by atoms with van der Waals surface area (Å²) in [6.45, 7) is 0.538. The van der Waals surface area contributed by atoms with E-state index < -0.39 is 0 Å². The van der Waals surface area contributed by atoms with E-state index in [4.69, 9.17) is 11.6 Å². The standard InChI is InChI=1S/C16H16ClFN2O/c1-20(10-12-5-2-3-8-15(12)18)11-16(21)19-14-7-4-6-13(17)9-14/h2-9H,10-11H2,1H3,(H,19,21). The summed E-state index contributed by atoms with van der Waals surface area (Å²) in [4.78, 5) is 13.7. The van der Waals surface area contributed by atoms with Crippen molar-refractivity contribution < 1.29 is 9.18 Å². The van der Waals surface area contributed by atoms with Crippen molar-refractivity contribution in [3.05, 3.63) is 64.9 Å². The maximum Gasteiger partial charge on any atom is 0.238 e. The molecule has 0 radical (unpaired) electrons. The SMILES string of the molecule is CN(CC(=O)Nc1cccc(Cl)c1)Cc1ccccc1F. The molecule has 3 nitrogen and oxygen atoms in total. The van der Waals surface area contributed by atoms with Gasteiger partial charge in [0.05, 0.1) is 6.54 Å². The van der Waals surface area contributed by atoms with Gasteiger partial charge in [0, 0.05) is 22.8 Å². The lowest BCUT2D eigenvalue weighted by Crippen LogP contribution is -2.30. The quantitative estimate of drug-likeness (QED) is 0.916. The Kier molecular flexibility index (Phi) is 5.31. The smallest absolute Gasteiger partial charge is 0.238 e. The van der Waals surface area contributed by atoms with Crippen molar-refractivity contribution in [1.29, 1.82) is 0 Å². The molecule has 5 heteroatoms. The van der Waals surface area contributed by atoms with Crippen LogP contribution in [-0.2, 0) is 11.3 Å². The highest BCUT2D eigenvalue weighted by atomic mass is 35.5. The van der Waals surface area contributed by atoms with Crippen LogP contribution in [0.15, 0.2) is 48.5 Å². The van der Waals surface area contributed by atoms with E-state index in [1.165, 1.54) is 6.07 Å². The molecule has 0 saturated heterocycles. The topological polar surface area (TPSA) is 32.3 Å². The second kappa shape index (κ2) is 7.20. The highest BCUT2D eigenvalue weighted by Gasteiger charge is 2.09. The Hall–Kier alpha value is -1.91. The lowest BCUT2D eigenvalue weighted by Gasteiger charge is -2.16. The largest absolute Gasteiger partial charge is 0.325 e. The number of rotatable bonds is 5. The third-order valence-electron chi connectivity index (χ3n) is 2.92. The Morgan fingerprint density at radius 3 is 2.71 bits per heavy atom. The molecule has 0 aromatic heterocycles. The molecule has 2 aromatic carbocycles. The van der Waals surface area contributed by atoms with Gasteiger partial charge in [0.2, 0.25) is 5.91 Å². The molecular weight excluding hydrogens is 291 g/mol. The van der Waals surface area contributed by atoms with Crippen molar-refractivity contribution in [3.63, 3.8) is 0 Å². The third kappa shape index (κ3) is 4.85. The predicted molar refractivity (Wildman–Crippen MR) is 82.8 cm³/mol. The molecule has 0 aliphatic heterocycles. The summed E-state index contributed by atoms with van der Waals surface area (Å²) < 4.78 is 13.5. The maximum atomic E-state index is 13.5. The highest BCUT2D eigenvalue weighted by molar-refractivity contribution is 6.30. The molecule has 0 aliphatic rings. The fraction of sp³-hybridized carbons (Fsp3) is 0.188. The molecule has 2 aromatic rings. The van der Waals surface area contributed by atoms with Crippen LogP contribution < -0.4 is 5.32 Å². The fourth-order valence-electron chi connectivity index (χ4n) is 1.99. The average molecular weight is 307 g/mol. The predicted octanol–water partition coefficient (Wildman–Crippen LogP) is 3.55. The van der Waals surface area contributed by atoms with Gasteiger partial charge in [-0.05, 0) is 31.3 Å². The summed E-state index contributed by atoms with van der Waals surface area (Å²) in [7, 11) is 1.77. The number of nitrogens with one attached hydrogen (secondary N) is 1. The first-order chi connectivity index (χ1) is 10.0. The van der Waals surface area contributed by atoms with Crippen molar-refractivity contribution in [2.45, 2.75) is 6.54 Å². The van der Waals surface area contributed by atoms with Crippen LogP contribution >= 0.6 is 11.6 Å². The molecule has 0 saturated carbocycles. The van der Waals surface area contributed by atoms with E-state index in [0.29, 0.717) is 22.8 Å². The van der Waals surface area contributed by atoms with E-state index in [2.05, 4.69) is 5.32 Å². The molecule has 0 fully saturated rings. The van der Waals surface area contributed by atoms with E-state index in [0.717, 1.165) is 0 Å². The van der Waals surface area contributed by atoms with Gasteiger partial charge >= 0.3 is 0 Å². The number of likely N-dealkylation sites (N-methyl/N-ethyl adjacent to an activating group) is 1. The third-order valence-corrected chi connectivity index (χ3v) is 3.16. The molecule has 2 rings (SSSR count). The number of halogens is 2. The minimum atomic E-state index is -0.264. The van der Waals surface area contributed by atoms with Gasteiger partial charge in [-0.1, -0.05) is 35.9 Å². The van der Waals surface area contributed by atoms with E-state index in [-0.39, 0.29) is 18.3 Å². The Morgan fingerprint density at radius 2 is 2.00 bits per heavy atom. The monoisotopic (exact) mass is 306 g/mol. The number of carbonyl (C=O) groups is 1. The number of hydrogen-bond donors (Lipinski definition) is 1. The first kappa shape index (κ1) is 15.5. The minimum absolute atomic E-state index is 0.168. The van der Waals surface area contributed by atoms with Crippen LogP contribution in [0.1, 0.15) is 5.56 Å². The van der Waals surface area contributed by atoms with Gasteiger partial charge in [-0.2, -0.15) is 0 Å². The van der Waals surface area contributed by atoms with Crippen LogP contribution in [-0.4, -0.2) is 24.4 Å². The average Bonchev–Trinajstić information content (AvgIpc) is 2.41. The zero-order valence-electron chi connectivity index (χ0n) is 11.6. The summed E-state index contributed by atoms with van der Waals surface area (Å²) in [5.74, 6) is -0.435. The highest BCUT2D eigenvalue weighted by Crippen LogP contribution is 2.15. The van der Waals surface area contributed by atoms with Gasteiger partial charge in [-0.25, -0.2) is 4.39 Å². The maximum absolute atomic E-state index is 13.5. The summed E-state index contributed by atoms with van der Waals surface area (Å²) in [5.41, 5.74) is 1.21. The summed E-state index contributed by atoms with van der Waals surface area (Å²) in [6, 6.07) is 13.5. The Balaban J connectivity index is 1.89. The number of anilines is 1. The summed E-state index contributed by atoms with van der Waals surface area (Å²) >= 11 is 5.86. The molecule has 0 aliphatic carbocycles. The molecule has 21 heavy (non-hydrogen) atoms. The lowest BCUT2D eigenvalue weighted by atomic mass is 10.2. The van der Waals surface area contributed by atoms with E-state index in [9.17, 15) is 9.18 Å². The van der Waals surface area contributed by atoms with Crippen LogP contribution in [0.25, 0.3) is 0 Å². The normalized spacial score (nSPS) is 10.7. The van der Waals surface area contributed by atoms with Crippen LogP contribution in [0.2, 0.25) is 5.02 Å². The van der Waals surface area contributed by atoms with Gasteiger partial charge in [0.15, 0.2) is 0 Å². The Labute approximate surface area is 128 Å². The zero-order valence-corrected chi connectivity index (χ0v) is 12.4. The van der Waals surface area contributed by atoms with Gasteiger partial charge in [-0.15, -0.1) is 0 Å². The molecular formula is C16H16ClFN2O. The molecule has 0 heterocycles. The van der Waals surface area contributed by atoms with Crippen molar-refractivity contribution in [2.75, 3.05) is 18.9 Å². The molecule has 0 unspecified atom stereocenters. The van der Waals surface area contributed by atoms with Gasteiger partial charge in [0.25, 0.3) is 0 Å². The van der Waals surface area contributed by atoms with Crippen LogP contribution in [0.4, 0.5) is 10.1 Å². The number of amides is 1. The van der Waals surface area contributed by atoms with Crippen molar-refractivity contribution in [1.82, 2.24) is 4.90 Å². The Bertz CT molecular complexity index is 633. The van der Waals surface area contributed by atoms with Gasteiger partial charge < -0.3 is 5.32 Å². The first-order valence-corrected chi connectivity index (χ1v) is 6.90. The fourth-order valence-corrected chi connectivity index (χ4v) is 2.18. The molecule has 0 bridgehead atoms. The minimum Gasteiger partial charge on any atom is -0.325 e. The first-order valence-electron chi connectivity index (χ1n) is 6.52. The number of nitrogens with zero attached hydrogens (tertiary/aromatic N) is 1. The van der Waals surface area contributed by atoms with E-state index in [1.54, 1.807) is 54.4 Å². The lowest BCUT2D eigenvalue weighted by molar-refractivity contribution is -0.117. The van der Waals surface area contributed by atoms with E-state index in [1.807, 2.05) is 0 Å². The van der Waals surface area contributed by atoms with Crippen molar-refractivity contribution in [2.24, 2.45) is 0 Å². The molecule has 110 valence electrons. The van der Waals surface area contributed by atoms with Crippen LogP contribution in [0, 0.1) is 5.82 Å². The van der Waals surface area contributed by atoms with Crippen molar-refractivity contribution >= 4 is 23.2 Å². The van der Waals surface area contributed by atoms with Crippen LogP contribution in [0.5, 0.6) is 0 Å². The van der Waals surface area contributed by atoms with Crippen LogP contribution in [0.3, 0.4) is 0 Å². The van der Waals surface area contributed by atoms with Gasteiger partial charge in [0.1, 0.15) is 5.82 Å². The molecule has 1 N–H and O–H groups in total. The second-order valence-corrected chi connectivity index (χ2v) is 5.26. The second-order valence-electron chi connectivity index (χ2n) is 4.82. The summed E-state index contributed by atoms with van der Waals surface area (Å²) in [6.07, 6.45) is 0. The molecule has 1 amide bonds. The number of carbonyl (C=O) groups excluding carboxylic acids is 1. The summed E-state index contributed by atoms with van der Waals surface area (Å²) in [5, 5.41) is 3.32.